The average molecular weight is 242 g/mol. The number of methoxy groups -OCH3 is 1. The van der Waals surface area contributed by atoms with Gasteiger partial charge in [-0.3, -0.25) is 14.4 Å². The highest BCUT2D eigenvalue weighted by Crippen LogP contribution is 2.30. The van der Waals surface area contributed by atoms with Crippen LogP contribution in [0.15, 0.2) is 0 Å². The molecule has 1 aliphatic rings. The molecule has 0 aliphatic heterocycles. The molecule has 1 N–H and O–H groups in total. The van der Waals surface area contributed by atoms with E-state index >= 15 is 0 Å². The van der Waals surface area contributed by atoms with Gasteiger partial charge in [0, 0.05) is 12.3 Å². The Labute approximate surface area is 100 Å². The molecule has 1 fully saturated rings. The molecule has 0 unspecified atom stereocenters. The van der Waals surface area contributed by atoms with Gasteiger partial charge in [0.15, 0.2) is 0 Å². The Morgan fingerprint density at radius 1 is 1.06 bits per heavy atom. The van der Waals surface area contributed by atoms with Crippen molar-refractivity contribution >= 4 is 17.7 Å². The number of aliphatic carboxylic acids is 1. The summed E-state index contributed by atoms with van der Waals surface area (Å²) in [6.07, 6.45) is 2.65. The molecule has 1 aliphatic carbocycles. The van der Waals surface area contributed by atoms with E-state index in [1.165, 1.54) is 7.11 Å². The first-order valence-corrected chi connectivity index (χ1v) is 5.87. The zero-order valence-electron chi connectivity index (χ0n) is 9.98. The molecular weight excluding hydrogens is 224 g/mol. The Morgan fingerprint density at radius 3 is 2.06 bits per heavy atom. The van der Waals surface area contributed by atoms with E-state index in [2.05, 4.69) is 4.74 Å². The molecule has 0 atom stereocenters. The molecule has 5 nitrogen and oxygen atoms in total. The summed E-state index contributed by atoms with van der Waals surface area (Å²) in [6, 6.07) is 0. The molecule has 0 bridgehead atoms. The number of esters is 1. The van der Waals surface area contributed by atoms with Gasteiger partial charge in [0.05, 0.1) is 19.4 Å². The molecule has 96 valence electrons. The lowest BCUT2D eigenvalue weighted by Crippen LogP contribution is -2.26. The van der Waals surface area contributed by atoms with Crippen LogP contribution in [0.25, 0.3) is 0 Å². The summed E-state index contributed by atoms with van der Waals surface area (Å²) < 4.78 is 4.66. The van der Waals surface area contributed by atoms with Gasteiger partial charge in [-0.05, 0) is 25.7 Å². The molecule has 1 saturated carbocycles. The van der Waals surface area contributed by atoms with Gasteiger partial charge in [0.1, 0.15) is 5.78 Å². The van der Waals surface area contributed by atoms with Gasteiger partial charge >= 0.3 is 11.9 Å². The van der Waals surface area contributed by atoms with Gasteiger partial charge in [0.25, 0.3) is 0 Å². The second kappa shape index (κ2) is 6.37. The summed E-state index contributed by atoms with van der Waals surface area (Å²) in [6.45, 7) is 0. The molecule has 0 radical (unpaired) electrons. The van der Waals surface area contributed by atoms with Crippen molar-refractivity contribution < 1.29 is 24.2 Å². The van der Waals surface area contributed by atoms with Crippen LogP contribution in [0.2, 0.25) is 0 Å². The van der Waals surface area contributed by atoms with E-state index in [-0.39, 0.29) is 36.4 Å². The van der Waals surface area contributed by atoms with Crippen molar-refractivity contribution in [2.24, 2.45) is 11.8 Å². The Kier molecular flexibility index (Phi) is 5.12. The van der Waals surface area contributed by atoms with Gasteiger partial charge < -0.3 is 9.84 Å². The minimum atomic E-state index is -0.943. The van der Waals surface area contributed by atoms with Gasteiger partial charge in [-0.15, -0.1) is 0 Å². The maximum atomic E-state index is 11.7. The predicted molar refractivity (Wildman–Crippen MR) is 59.3 cm³/mol. The molecule has 0 aromatic heterocycles. The van der Waals surface area contributed by atoms with Crippen LogP contribution in [0.5, 0.6) is 0 Å². The lowest BCUT2D eigenvalue weighted by atomic mass is 9.79. The number of carboxylic acid groups (broad SMARTS) is 1. The number of carbonyl (C=O) groups excluding carboxylic acids is 2. The van der Waals surface area contributed by atoms with Crippen LogP contribution in [0.3, 0.4) is 0 Å². The van der Waals surface area contributed by atoms with Crippen LogP contribution in [-0.4, -0.2) is 29.9 Å². The van der Waals surface area contributed by atoms with E-state index in [4.69, 9.17) is 5.11 Å². The van der Waals surface area contributed by atoms with Crippen LogP contribution < -0.4 is 0 Å². The van der Waals surface area contributed by atoms with Gasteiger partial charge in [-0.1, -0.05) is 0 Å². The Morgan fingerprint density at radius 2 is 1.59 bits per heavy atom. The smallest absolute Gasteiger partial charge is 0.308 e. The molecule has 17 heavy (non-hydrogen) atoms. The third-order valence-electron chi connectivity index (χ3n) is 3.30. The number of ketones is 1. The summed E-state index contributed by atoms with van der Waals surface area (Å²) in [5.74, 6) is -1.31. The molecule has 0 aromatic rings. The first kappa shape index (κ1) is 13.7. The lowest BCUT2D eigenvalue weighted by Gasteiger charge is -2.25. The van der Waals surface area contributed by atoms with Gasteiger partial charge in [0.2, 0.25) is 0 Å². The molecule has 1 rings (SSSR count). The number of carbonyl (C=O) groups is 3. The first-order chi connectivity index (χ1) is 8.04. The monoisotopic (exact) mass is 242 g/mol. The number of carboxylic acids is 1. The second-order valence-corrected chi connectivity index (χ2v) is 4.43. The van der Waals surface area contributed by atoms with Crippen molar-refractivity contribution in [1.82, 2.24) is 0 Å². The highest BCUT2D eigenvalue weighted by Gasteiger charge is 2.30. The summed E-state index contributed by atoms with van der Waals surface area (Å²) >= 11 is 0. The highest BCUT2D eigenvalue weighted by atomic mass is 16.5. The molecule has 5 heteroatoms. The normalized spacial score (nSPS) is 24.1. The van der Waals surface area contributed by atoms with Crippen molar-refractivity contribution in [1.29, 1.82) is 0 Å². The summed E-state index contributed by atoms with van der Waals surface area (Å²) in [5.41, 5.74) is 0. The number of hydrogen-bond donors (Lipinski definition) is 1. The van der Waals surface area contributed by atoms with Crippen LogP contribution >= 0.6 is 0 Å². The fourth-order valence-corrected chi connectivity index (χ4v) is 2.25. The third kappa shape index (κ3) is 4.17. The quantitative estimate of drug-likeness (QED) is 0.737. The number of ether oxygens (including phenoxy) is 1. The zero-order chi connectivity index (χ0) is 12.8. The standard InChI is InChI=1S/C12H18O5/c1-17-12(16)9-4-2-8(3-5-9)10(13)6-7-11(14)15/h8-9H,2-7H2,1H3,(H,14,15). The van der Waals surface area contributed by atoms with Crippen LogP contribution in [0.4, 0.5) is 0 Å². The Hall–Kier alpha value is -1.39. The number of hydrogen-bond acceptors (Lipinski definition) is 4. The highest BCUT2D eigenvalue weighted by molar-refractivity contribution is 5.84. The summed E-state index contributed by atoms with van der Waals surface area (Å²) in [7, 11) is 1.37. The molecule has 0 heterocycles. The fraction of sp³-hybridized carbons (Fsp3) is 0.750. The lowest BCUT2D eigenvalue weighted by molar-refractivity contribution is -0.147. The largest absolute Gasteiger partial charge is 0.481 e. The van der Waals surface area contributed by atoms with E-state index < -0.39 is 5.97 Å². The molecule has 0 aromatic carbocycles. The third-order valence-corrected chi connectivity index (χ3v) is 3.30. The van der Waals surface area contributed by atoms with E-state index in [1.54, 1.807) is 0 Å². The van der Waals surface area contributed by atoms with E-state index in [0.717, 1.165) is 0 Å². The predicted octanol–water partition coefficient (Wildman–Crippen LogP) is 1.40. The minimum absolute atomic E-state index is 0.00992. The van der Waals surface area contributed by atoms with E-state index in [1.807, 2.05) is 0 Å². The topological polar surface area (TPSA) is 80.7 Å². The van der Waals surface area contributed by atoms with Crippen molar-refractivity contribution in [3.05, 3.63) is 0 Å². The van der Waals surface area contributed by atoms with E-state index in [0.29, 0.717) is 25.7 Å². The SMILES string of the molecule is COC(=O)C1CCC(C(=O)CCC(=O)O)CC1. The molecule has 0 spiro atoms. The van der Waals surface area contributed by atoms with Crippen molar-refractivity contribution in [2.45, 2.75) is 38.5 Å². The van der Waals surface area contributed by atoms with Crippen LogP contribution in [0, 0.1) is 11.8 Å². The van der Waals surface area contributed by atoms with Crippen LogP contribution in [-0.2, 0) is 19.1 Å². The minimum Gasteiger partial charge on any atom is -0.481 e. The van der Waals surface area contributed by atoms with Crippen molar-refractivity contribution in [3.8, 4) is 0 Å². The molecule has 0 saturated heterocycles. The zero-order valence-corrected chi connectivity index (χ0v) is 9.98. The maximum Gasteiger partial charge on any atom is 0.308 e. The van der Waals surface area contributed by atoms with Crippen molar-refractivity contribution in [2.75, 3.05) is 7.11 Å². The van der Waals surface area contributed by atoms with E-state index in [9.17, 15) is 14.4 Å². The van der Waals surface area contributed by atoms with Gasteiger partial charge in [-0.25, -0.2) is 0 Å². The first-order valence-electron chi connectivity index (χ1n) is 5.87. The second-order valence-electron chi connectivity index (χ2n) is 4.43. The Bertz CT molecular complexity index is 302. The summed E-state index contributed by atoms with van der Waals surface area (Å²) in [4.78, 5) is 33.3. The Balaban J connectivity index is 2.33. The molecule has 0 amide bonds. The van der Waals surface area contributed by atoms with Crippen LogP contribution in [0.1, 0.15) is 38.5 Å². The average Bonchev–Trinajstić information content (AvgIpc) is 2.35. The number of rotatable bonds is 5. The fourth-order valence-electron chi connectivity index (χ4n) is 2.25. The van der Waals surface area contributed by atoms with Gasteiger partial charge in [-0.2, -0.15) is 0 Å². The maximum absolute atomic E-state index is 11.7. The molecular formula is C12H18O5. The summed E-state index contributed by atoms with van der Waals surface area (Å²) in [5, 5.41) is 8.49. The van der Waals surface area contributed by atoms with Crippen molar-refractivity contribution in [3.63, 3.8) is 0 Å². The number of Topliss-reactive ketones (excluding diaryl/α,β-unsaturated/α-hetero) is 1.